The number of carboxylic acids is 2. The number of carbonyl (C=O) groups is 2. The van der Waals surface area contributed by atoms with Gasteiger partial charge >= 0.3 is 11.9 Å². The highest BCUT2D eigenvalue weighted by Gasteiger charge is 2.14. The number of ether oxygens (including phenoxy) is 4. The zero-order valence-electron chi connectivity index (χ0n) is 22.8. The summed E-state index contributed by atoms with van der Waals surface area (Å²) in [6, 6.07) is 7.70. The first-order valence-electron chi connectivity index (χ1n) is 13.2. The Balaban J connectivity index is 1.53. The number of isocyanates is 1. The van der Waals surface area contributed by atoms with Gasteiger partial charge in [-0.3, -0.25) is 9.80 Å². The van der Waals surface area contributed by atoms with E-state index in [2.05, 4.69) is 19.9 Å². The Kier molecular flexibility index (Phi) is 14.0. The maximum absolute atomic E-state index is 11.4. The van der Waals surface area contributed by atoms with Crippen molar-refractivity contribution in [2.24, 2.45) is 4.99 Å². The Bertz CT molecular complexity index is 1140. The lowest BCUT2D eigenvalue weighted by Crippen LogP contribution is -2.33. The van der Waals surface area contributed by atoms with Crippen molar-refractivity contribution in [2.45, 2.75) is 13.1 Å². The summed E-state index contributed by atoms with van der Waals surface area (Å²) in [7, 11) is 0. The fraction of sp³-hybridized carbons (Fsp3) is 0.519. The molecule has 0 spiro atoms. The van der Waals surface area contributed by atoms with Gasteiger partial charge in [-0.1, -0.05) is 6.07 Å². The number of rotatable bonds is 7. The first-order valence-corrected chi connectivity index (χ1v) is 13.2. The number of nitrogens with zero attached hydrogens (tertiary/aromatic N) is 5. The van der Waals surface area contributed by atoms with E-state index in [9.17, 15) is 24.6 Å². The minimum atomic E-state index is -1.22. The van der Waals surface area contributed by atoms with E-state index >= 15 is 0 Å². The molecule has 222 valence electrons. The molecule has 2 aromatic rings. The van der Waals surface area contributed by atoms with Gasteiger partial charge in [-0.15, -0.1) is 0 Å². The molecule has 1 aliphatic rings. The van der Waals surface area contributed by atoms with Crippen LogP contribution in [0.2, 0.25) is 0 Å². The molecular formula is C27H35N5O9. The second kappa shape index (κ2) is 17.9. The highest BCUT2D eigenvalue weighted by Crippen LogP contribution is 2.16. The normalized spacial score (nSPS) is 17.6. The van der Waals surface area contributed by atoms with Gasteiger partial charge in [0.25, 0.3) is 0 Å². The van der Waals surface area contributed by atoms with E-state index < -0.39 is 11.9 Å². The topological polar surface area (TPSA) is 173 Å². The molecule has 2 aromatic heterocycles. The number of carboxylic acid groups (broad SMARTS) is 2. The molecule has 0 unspecified atom stereocenters. The van der Waals surface area contributed by atoms with Gasteiger partial charge in [0.15, 0.2) is 5.69 Å². The molecule has 0 aliphatic carbocycles. The largest absolute Gasteiger partial charge is 0.477 e. The summed E-state index contributed by atoms with van der Waals surface area (Å²) in [6.45, 7) is 6.32. The van der Waals surface area contributed by atoms with Gasteiger partial charge in [0, 0.05) is 39.3 Å². The molecule has 0 amide bonds. The monoisotopic (exact) mass is 573 g/mol. The van der Waals surface area contributed by atoms with Gasteiger partial charge in [-0.25, -0.2) is 24.4 Å². The quantitative estimate of drug-likeness (QED) is 0.358. The lowest BCUT2D eigenvalue weighted by Gasteiger charge is -2.23. The maximum atomic E-state index is 11.4. The molecule has 0 saturated carbocycles. The molecule has 0 radical (unpaired) electrons. The van der Waals surface area contributed by atoms with Crippen LogP contribution in [-0.2, 0) is 36.8 Å². The van der Waals surface area contributed by atoms with Crippen LogP contribution >= 0.6 is 0 Å². The second-order valence-electron chi connectivity index (χ2n) is 9.03. The summed E-state index contributed by atoms with van der Waals surface area (Å²) in [5.41, 5.74) is 1.08. The number of aliphatic imine (C=N–C) groups is 1. The van der Waals surface area contributed by atoms with Crippen LogP contribution < -0.4 is 0 Å². The Hall–Kier alpha value is -3.62. The van der Waals surface area contributed by atoms with Crippen LogP contribution in [0, 0.1) is 0 Å². The summed E-state index contributed by atoms with van der Waals surface area (Å²) in [4.78, 5) is 49.4. The first kappa shape index (κ1) is 31.9. The van der Waals surface area contributed by atoms with Crippen molar-refractivity contribution >= 4 is 23.7 Å². The molecule has 1 aliphatic heterocycles. The third-order valence-corrected chi connectivity index (χ3v) is 6.01. The van der Waals surface area contributed by atoms with Gasteiger partial charge < -0.3 is 29.2 Å². The van der Waals surface area contributed by atoms with Gasteiger partial charge in [0.2, 0.25) is 6.08 Å². The van der Waals surface area contributed by atoms with Crippen molar-refractivity contribution in [3.05, 3.63) is 53.1 Å². The molecule has 0 aromatic carbocycles. The standard InChI is InChI=1S/C27H35N5O9/c33-20-28-22-16-23(30-25(17-22)27(36)37)19-32-6-10-40-14-12-38-8-4-31(5-9-39-13-15-41-11-7-32)18-21-2-1-3-24(29-21)26(34)35/h1-3,16-17H,4-15,18-19H2,(H,34,35)(H,36,37). The predicted octanol–water partition coefficient (Wildman–Crippen LogP) is 1.22. The van der Waals surface area contributed by atoms with Crippen LogP contribution in [0.5, 0.6) is 0 Å². The molecule has 14 heteroatoms. The zero-order chi connectivity index (χ0) is 29.3. The van der Waals surface area contributed by atoms with Crippen LogP contribution in [-0.4, -0.2) is 127 Å². The van der Waals surface area contributed by atoms with Crippen molar-refractivity contribution in [2.75, 3.05) is 79.0 Å². The van der Waals surface area contributed by atoms with Gasteiger partial charge in [0.05, 0.1) is 69.9 Å². The molecule has 0 atom stereocenters. The van der Waals surface area contributed by atoms with Crippen LogP contribution in [0.1, 0.15) is 32.4 Å². The number of pyridine rings is 2. The highest BCUT2D eigenvalue weighted by molar-refractivity contribution is 5.86. The van der Waals surface area contributed by atoms with Crippen LogP contribution in [0.4, 0.5) is 5.69 Å². The Labute approximate surface area is 237 Å². The van der Waals surface area contributed by atoms with Crippen LogP contribution in [0.25, 0.3) is 0 Å². The fourth-order valence-electron chi connectivity index (χ4n) is 3.98. The number of aromatic carboxylic acids is 2. The van der Waals surface area contributed by atoms with Gasteiger partial charge in [0.1, 0.15) is 5.69 Å². The molecule has 2 N–H and O–H groups in total. The van der Waals surface area contributed by atoms with Gasteiger partial charge in [-0.2, -0.15) is 4.99 Å². The fourth-order valence-corrected chi connectivity index (χ4v) is 3.98. The number of carbonyl (C=O) groups excluding carboxylic acids is 1. The van der Waals surface area contributed by atoms with Crippen molar-refractivity contribution in [3.8, 4) is 0 Å². The molecule has 3 heterocycles. The third-order valence-electron chi connectivity index (χ3n) is 6.01. The first-order chi connectivity index (χ1) is 19.9. The van der Waals surface area contributed by atoms with Crippen molar-refractivity contribution in [1.82, 2.24) is 19.8 Å². The lowest BCUT2D eigenvalue weighted by atomic mass is 10.2. The average molecular weight is 574 g/mol. The van der Waals surface area contributed by atoms with E-state index in [4.69, 9.17) is 18.9 Å². The Morgan fingerprint density at radius 2 is 1.22 bits per heavy atom. The smallest absolute Gasteiger partial charge is 0.354 e. The third kappa shape index (κ3) is 12.2. The van der Waals surface area contributed by atoms with Crippen LogP contribution in [0.15, 0.2) is 35.3 Å². The summed E-state index contributed by atoms with van der Waals surface area (Å²) in [6.07, 6.45) is 1.43. The molecule has 14 nitrogen and oxygen atoms in total. The van der Waals surface area contributed by atoms with E-state index in [1.54, 1.807) is 18.2 Å². The summed E-state index contributed by atoms with van der Waals surface area (Å²) < 4.78 is 23.0. The van der Waals surface area contributed by atoms with Crippen molar-refractivity contribution in [1.29, 1.82) is 0 Å². The maximum Gasteiger partial charge on any atom is 0.354 e. The van der Waals surface area contributed by atoms with E-state index in [0.29, 0.717) is 104 Å². The zero-order valence-corrected chi connectivity index (χ0v) is 22.8. The van der Waals surface area contributed by atoms with E-state index in [1.807, 2.05) is 4.90 Å². The van der Waals surface area contributed by atoms with Gasteiger partial charge in [-0.05, 0) is 24.3 Å². The number of hydrogen-bond donors (Lipinski definition) is 2. The average Bonchev–Trinajstić information content (AvgIpc) is 2.95. The number of aromatic nitrogens is 2. The van der Waals surface area contributed by atoms with Crippen LogP contribution in [0.3, 0.4) is 0 Å². The highest BCUT2D eigenvalue weighted by atomic mass is 16.5. The Morgan fingerprint density at radius 1 is 0.732 bits per heavy atom. The summed E-state index contributed by atoms with van der Waals surface area (Å²) >= 11 is 0. The molecule has 1 fully saturated rings. The van der Waals surface area contributed by atoms with Crippen molar-refractivity contribution < 1.29 is 43.5 Å². The predicted molar refractivity (Wildman–Crippen MR) is 144 cm³/mol. The van der Waals surface area contributed by atoms with E-state index in [0.717, 1.165) is 0 Å². The molecule has 3 rings (SSSR count). The summed E-state index contributed by atoms with van der Waals surface area (Å²) in [5, 5.41) is 18.6. The minimum absolute atomic E-state index is 0.00565. The lowest BCUT2D eigenvalue weighted by molar-refractivity contribution is 0.00597. The van der Waals surface area contributed by atoms with Crippen molar-refractivity contribution in [3.63, 3.8) is 0 Å². The SMILES string of the molecule is O=C=Nc1cc(CN2CCOCCOCCN(Cc3cccc(C(=O)O)n3)CCOCCOCC2)nc(C(=O)O)c1. The van der Waals surface area contributed by atoms with E-state index in [-0.39, 0.29) is 17.1 Å². The minimum Gasteiger partial charge on any atom is -0.477 e. The molecular weight excluding hydrogens is 538 g/mol. The number of hydrogen-bond acceptors (Lipinski definition) is 12. The van der Waals surface area contributed by atoms with E-state index in [1.165, 1.54) is 18.2 Å². The summed E-state index contributed by atoms with van der Waals surface area (Å²) in [5.74, 6) is -2.28. The second-order valence-corrected chi connectivity index (χ2v) is 9.03. The molecule has 41 heavy (non-hydrogen) atoms. The Morgan fingerprint density at radius 3 is 1.71 bits per heavy atom. The molecule has 1 saturated heterocycles. The molecule has 0 bridgehead atoms.